The molecule has 17 heavy (non-hydrogen) atoms. The van der Waals surface area contributed by atoms with Crippen LogP contribution in [0.15, 0.2) is 6.20 Å². The van der Waals surface area contributed by atoms with E-state index in [0.29, 0.717) is 13.2 Å². The minimum atomic E-state index is -0.446. The molecule has 0 unspecified atom stereocenters. The monoisotopic (exact) mass is 241 g/mol. The number of nitrogen functional groups attached to an aromatic ring is 1. The van der Waals surface area contributed by atoms with Gasteiger partial charge in [0, 0.05) is 13.7 Å². The molecule has 0 atom stereocenters. The molecule has 0 bridgehead atoms. The summed E-state index contributed by atoms with van der Waals surface area (Å²) < 4.78 is 4.76. The van der Waals surface area contributed by atoms with Crippen molar-refractivity contribution in [3.63, 3.8) is 0 Å². The van der Waals surface area contributed by atoms with Crippen LogP contribution in [0, 0.1) is 0 Å². The first-order valence-electron chi connectivity index (χ1n) is 4.97. The van der Waals surface area contributed by atoms with Crippen molar-refractivity contribution in [3.8, 4) is 0 Å². The van der Waals surface area contributed by atoms with Crippen LogP contribution in [0.2, 0.25) is 0 Å². The first kappa shape index (κ1) is 13.0. The maximum absolute atomic E-state index is 11.5. The van der Waals surface area contributed by atoms with Crippen LogP contribution in [0.1, 0.15) is 10.4 Å². The van der Waals surface area contributed by atoms with Gasteiger partial charge in [-0.3, -0.25) is 14.7 Å². The summed E-state index contributed by atoms with van der Waals surface area (Å²) in [6, 6.07) is 0. The molecule has 8 nitrogen and oxygen atoms in total. The highest BCUT2D eigenvalue weighted by atomic mass is 16.5. The average Bonchev–Trinajstić information content (AvgIpc) is 2.73. The standard InChI is InChI=1S/C9H15N5O3/c1-17-3-2-11-7(15)5-12-9(16)6-4-13-14-8(6)10/h4H,2-3,5H2,1H3,(H,11,15)(H,12,16)(H3,10,13,14). The van der Waals surface area contributed by atoms with Gasteiger partial charge in [0.2, 0.25) is 5.91 Å². The maximum Gasteiger partial charge on any atom is 0.257 e. The molecule has 0 fully saturated rings. The number of ether oxygens (including phenoxy) is 1. The predicted octanol–water partition coefficient (Wildman–Crippen LogP) is -1.52. The fourth-order valence-corrected chi connectivity index (χ4v) is 1.09. The second-order valence-corrected chi connectivity index (χ2v) is 3.22. The van der Waals surface area contributed by atoms with Gasteiger partial charge >= 0.3 is 0 Å². The van der Waals surface area contributed by atoms with Crippen LogP contribution in [0.3, 0.4) is 0 Å². The Labute approximate surface area is 97.9 Å². The summed E-state index contributed by atoms with van der Waals surface area (Å²) in [4.78, 5) is 22.7. The van der Waals surface area contributed by atoms with Crippen LogP contribution >= 0.6 is 0 Å². The normalized spacial score (nSPS) is 9.94. The number of carbonyl (C=O) groups excluding carboxylic acids is 2. The topological polar surface area (TPSA) is 122 Å². The van der Waals surface area contributed by atoms with Gasteiger partial charge in [-0.25, -0.2) is 0 Å². The number of carbonyl (C=O) groups is 2. The highest BCUT2D eigenvalue weighted by Crippen LogP contribution is 2.04. The Morgan fingerprint density at radius 2 is 2.29 bits per heavy atom. The quantitative estimate of drug-likeness (QED) is 0.451. The van der Waals surface area contributed by atoms with E-state index in [1.807, 2.05) is 0 Å². The Kier molecular flexibility index (Phi) is 4.95. The van der Waals surface area contributed by atoms with Crippen LogP contribution in [-0.2, 0) is 9.53 Å². The molecular weight excluding hydrogens is 226 g/mol. The molecule has 0 aliphatic rings. The molecule has 1 aromatic rings. The zero-order chi connectivity index (χ0) is 12.7. The van der Waals surface area contributed by atoms with E-state index < -0.39 is 5.91 Å². The lowest BCUT2D eigenvalue weighted by Gasteiger charge is -2.05. The fraction of sp³-hybridized carbons (Fsp3) is 0.444. The first-order chi connectivity index (χ1) is 8.15. The van der Waals surface area contributed by atoms with Crippen molar-refractivity contribution < 1.29 is 14.3 Å². The van der Waals surface area contributed by atoms with Gasteiger partial charge in [-0.1, -0.05) is 0 Å². The summed E-state index contributed by atoms with van der Waals surface area (Å²) in [6.45, 7) is 0.709. The summed E-state index contributed by atoms with van der Waals surface area (Å²) in [5, 5.41) is 11.0. The molecule has 1 aromatic heterocycles. The van der Waals surface area contributed by atoms with Gasteiger partial charge in [-0.15, -0.1) is 0 Å². The van der Waals surface area contributed by atoms with Crippen molar-refractivity contribution in [3.05, 3.63) is 11.8 Å². The second kappa shape index (κ2) is 6.48. The van der Waals surface area contributed by atoms with Crippen molar-refractivity contribution in [2.45, 2.75) is 0 Å². The van der Waals surface area contributed by atoms with Crippen LogP contribution < -0.4 is 16.4 Å². The van der Waals surface area contributed by atoms with Gasteiger partial charge in [-0.05, 0) is 0 Å². The lowest BCUT2D eigenvalue weighted by molar-refractivity contribution is -0.120. The second-order valence-electron chi connectivity index (χ2n) is 3.22. The molecule has 0 radical (unpaired) electrons. The molecule has 0 aromatic carbocycles. The number of methoxy groups -OCH3 is 1. The van der Waals surface area contributed by atoms with Crippen molar-refractivity contribution >= 4 is 17.6 Å². The molecule has 94 valence electrons. The van der Waals surface area contributed by atoms with E-state index in [1.165, 1.54) is 13.3 Å². The summed E-state index contributed by atoms with van der Waals surface area (Å²) in [5.41, 5.74) is 5.67. The fourth-order valence-electron chi connectivity index (χ4n) is 1.09. The van der Waals surface area contributed by atoms with Crippen molar-refractivity contribution in [2.75, 3.05) is 32.5 Å². The van der Waals surface area contributed by atoms with Crippen molar-refractivity contribution in [1.82, 2.24) is 20.8 Å². The molecule has 8 heteroatoms. The number of H-pyrrole nitrogens is 1. The Morgan fingerprint density at radius 3 is 2.88 bits per heavy atom. The van der Waals surface area contributed by atoms with Crippen molar-refractivity contribution in [2.24, 2.45) is 0 Å². The lowest BCUT2D eigenvalue weighted by atomic mass is 10.3. The number of nitrogens with zero attached hydrogens (tertiary/aromatic N) is 1. The highest BCUT2D eigenvalue weighted by Gasteiger charge is 2.12. The van der Waals surface area contributed by atoms with E-state index in [2.05, 4.69) is 20.8 Å². The highest BCUT2D eigenvalue weighted by molar-refractivity contribution is 5.99. The van der Waals surface area contributed by atoms with E-state index in [9.17, 15) is 9.59 Å². The third kappa shape index (κ3) is 4.11. The summed E-state index contributed by atoms with van der Waals surface area (Å²) in [5.74, 6) is -0.571. The summed E-state index contributed by atoms with van der Waals surface area (Å²) in [6.07, 6.45) is 1.30. The number of hydrogen-bond acceptors (Lipinski definition) is 5. The zero-order valence-corrected chi connectivity index (χ0v) is 9.45. The molecule has 0 aliphatic carbocycles. The molecule has 5 N–H and O–H groups in total. The SMILES string of the molecule is COCCNC(=O)CNC(=O)c1cn[nH]c1N. The van der Waals surface area contributed by atoms with Gasteiger partial charge < -0.3 is 21.1 Å². The minimum Gasteiger partial charge on any atom is -0.383 e. The van der Waals surface area contributed by atoms with Gasteiger partial charge in [-0.2, -0.15) is 5.10 Å². The number of aromatic nitrogens is 2. The first-order valence-corrected chi connectivity index (χ1v) is 4.97. The Bertz CT molecular complexity index is 390. The number of nitrogens with two attached hydrogens (primary N) is 1. The van der Waals surface area contributed by atoms with Crippen molar-refractivity contribution in [1.29, 1.82) is 0 Å². The summed E-state index contributed by atoms with van der Waals surface area (Å²) in [7, 11) is 1.54. The molecule has 0 saturated carbocycles. The van der Waals surface area contributed by atoms with Gasteiger partial charge in [0.1, 0.15) is 11.4 Å². The minimum absolute atomic E-state index is 0.118. The third-order valence-electron chi connectivity index (χ3n) is 1.95. The lowest BCUT2D eigenvalue weighted by Crippen LogP contribution is -2.38. The third-order valence-corrected chi connectivity index (χ3v) is 1.95. The number of nitrogens with one attached hydrogen (secondary N) is 3. The molecule has 1 rings (SSSR count). The average molecular weight is 241 g/mol. The zero-order valence-electron chi connectivity index (χ0n) is 9.45. The number of rotatable bonds is 6. The van der Waals surface area contributed by atoms with E-state index in [4.69, 9.17) is 10.5 Å². The van der Waals surface area contributed by atoms with Gasteiger partial charge in [0.05, 0.1) is 19.3 Å². The van der Waals surface area contributed by atoms with Gasteiger partial charge in [0.15, 0.2) is 0 Å². The van der Waals surface area contributed by atoms with E-state index in [1.54, 1.807) is 0 Å². The predicted molar refractivity (Wildman–Crippen MR) is 60.2 cm³/mol. The van der Waals surface area contributed by atoms with E-state index in [0.717, 1.165) is 0 Å². The maximum atomic E-state index is 11.5. The Hall–Kier alpha value is -2.09. The molecule has 2 amide bonds. The van der Waals surface area contributed by atoms with E-state index >= 15 is 0 Å². The number of hydrogen-bond donors (Lipinski definition) is 4. The summed E-state index contributed by atoms with van der Waals surface area (Å²) >= 11 is 0. The smallest absolute Gasteiger partial charge is 0.257 e. The number of anilines is 1. The molecule has 0 aliphatic heterocycles. The Balaban J connectivity index is 2.29. The number of aromatic amines is 1. The van der Waals surface area contributed by atoms with Crippen LogP contribution in [0.5, 0.6) is 0 Å². The largest absolute Gasteiger partial charge is 0.383 e. The Morgan fingerprint density at radius 1 is 1.53 bits per heavy atom. The van der Waals surface area contributed by atoms with Crippen LogP contribution in [-0.4, -0.2) is 48.8 Å². The van der Waals surface area contributed by atoms with E-state index in [-0.39, 0.29) is 23.8 Å². The van der Waals surface area contributed by atoms with Crippen LogP contribution in [0.25, 0.3) is 0 Å². The molecular formula is C9H15N5O3. The molecule has 0 saturated heterocycles. The van der Waals surface area contributed by atoms with Crippen LogP contribution in [0.4, 0.5) is 5.82 Å². The molecule has 1 heterocycles. The van der Waals surface area contributed by atoms with Gasteiger partial charge in [0.25, 0.3) is 5.91 Å². The number of amides is 2. The molecule has 0 spiro atoms.